The average molecular weight is 404 g/mol. The highest BCUT2D eigenvalue weighted by molar-refractivity contribution is 8.00. The van der Waals surface area contributed by atoms with Crippen LogP contribution in [0.25, 0.3) is 0 Å². The third kappa shape index (κ3) is 4.86. The Kier molecular flexibility index (Phi) is 6.61. The Morgan fingerprint density at radius 1 is 1.21 bits per heavy atom. The molecule has 7 nitrogen and oxygen atoms in total. The van der Waals surface area contributed by atoms with Gasteiger partial charge in [-0.15, -0.1) is 11.8 Å². The van der Waals surface area contributed by atoms with Crippen LogP contribution in [-0.4, -0.2) is 43.0 Å². The molecule has 2 N–H and O–H groups in total. The largest absolute Gasteiger partial charge is 0.463 e. The highest BCUT2D eigenvalue weighted by Crippen LogP contribution is 2.27. The second-order valence-electron chi connectivity index (χ2n) is 6.67. The lowest BCUT2D eigenvalue weighted by molar-refractivity contribution is -0.141. The molecular weight excluding hydrogens is 380 g/mol. The van der Waals surface area contributed by atoms with Gasteiger partial charge < -0.3 is 20.1 Å². The number of hydrogen-bond acceptors (Lipinski definition) is 6. The number of ether oxygens (including phenoxy) is 2. The standard InChI is InChI=1S/C20H24N2O5S/c1-3-26-19(24)18-12(2)21-20(25)22-16(18)10-27-17(23)11-28-15-8-7-13-5-4-6-14(13)9-15/h7-9,12H,3-6,10-11H2,1-2H3,(H2,21,22,25)/t12-/m1/s1. The van der Waals surface area contributed by atoms with Crippen molar-refractivity contribution >= 4 is 29.7 Å². The summed E-state index contributed by atoms with van der Waals surface area (Å²) >= 11 is 1.42. The average Bonchev–Trinajstić information content (AvgIpc) is 3.12. The summed E-state index contributed by atoms with van der Waals surface area (Å²) in [5, 5.41) is 5.14. The summed E-state index contributed by atoms with van der Waals surface area (Å²) in [6.45, 7) is 3.41. The van der Waals surface area contributed by atoms with E-state index in [2.05, 4.69) is 22.8 Å². The van der Waals surface area contributed by atoms with Crippen LogP contribution >= 0.6 is 11.8 Å². The molecule has 8 heteroatoms. The zero-order chi connectivity index (χ0) is 20.1. The summed E-state index contributed by atoms with van der Waals surface area (Å²) in [6, 6.07) is 5.31. The van der Waals surface area contributed by atoms with Crippen molar-refractivity contribution in [2.24, 2.45) is 0 Å². The van der Waals surface area contributed by atoms with Crippen LogP contribution in [-0.2, 0) is 31.9 Å². The van der Waals surface area contributed by atoms with Gasteiger partial charge in [0.15, 0.2) is 0 Å². The van der Waals surface area contributed by atoms with Crippen molar-refractivity contribution in [3.63, 3.8) is 0 Å². The summed E-state index contributed by atoms with van der Waals surface area (Å²) in [6.07, 6.45) is 3.40. The number of nitrogens with one attached hydrogen (secondary N) is 2. The number of carbonyl (C=O) groups is 3. The summed E-state index contributed by atoms with van der Waals surface area (Å²) in [5.74, 6) is -0.801. The maximum atomic E-state index is 12.2. The Labute approximate surface area is 168 Å². The molecule has 0 spiro atoms. The smallest absolute Gasteiger partial charge is 0.338 e. The van der Waals surface area contributed by atoms with Crippen molar-refractivity contribution in [2.45, 2.75) is 44.0 Å². The summed E-state index contributed by atoms with van der Waals surface area (Å²) in [4.78, 5) is 37.0. The fourth-order valence-electron chi connectivity index (χ4n) is 3.37. The molecule has 0 saturated carbocycles. The van der Waals surface area contributed by atoms with Gasteiger partial charge in [0.1, 0.15) is 6.61 Å². The van der Waals surface area contributed by atoms with E-state index in [9.17, 15) is 14.4 Å². The first kappa shape index (κ1) is 20.3. The molecule has 0 radical (unpaired) electrons. The van der Waals surface area contributed by atoms with Gasteiger partial charge in [-0.25, -0.2) is 9.59 Å². The zero-order valence-electron chi connectivity index (χ0n) is 16.0. The van der Waals surface area contributed by atoms with Crippen molar-refractivity contribution in [1.29, 1.82) is 0 Å². The number of carbonyl (C=O) groups excluding carboxylic acids is 3. The van der Waals surface area contributed by atoms with E-state index >= 15 is 0 Å². The van der Waals surface area contributed by atoms with E-state index < -0.39 is 24.0 Å². The predicted octanol–water partition coefficient (Wildman–Crippen LogP) is 2.33. The van der Waals surface area contributed by atoms with Crippen LogP contribution in [0.5, 0.6) is 0 Å². The van der Waals surface area contributed by atoms with Crippen molar-refractivity contribution in [3.8, 4) is 0 Å². The lowest BCUT2D eigenvalue weighted by atomic mass is 10.0. The van der Waals surface area contributed by atoms with Crippen molar-refractivity contribution in [3.05, 3.63) is 40.6 Å². The molecule has 1 aliphatic carbocycles. The highest BCUT2D eigenvalue weighted by Gasteiger charge is 2.30. The summed E-state index contributed by atoms with van der Waals surface area (Å²) in [5.41, 5.74) is 3.27. The highest BCUT2D eigenvalue weighted by atomic mass is 32.2. The van der Waals surface area contributed by atoms with E-state index in [1.807, 2.05) is 6.07 Å². The monoisotopic (exact) mass is 404 g/mol. The van der Waals surface area contributed by atoms with Crippen molar-refractivity contribution in [2.75, 3.05) is 19.0 Å². The van der Waals surface area contributed by atoms with E-state index in [0.717, 1.165) is 17.7 Å². The number of rotatable bonds is 7. The first-order valence-corrected chi connectivity index (χ1v) is 10.3. The molecule has 2 amide bonds. The van der Waals surface area contributed by atoms with Crippen LogP contribution in [0, 0.1) is 0 Å². The molecule has 2 aliphatic rings. The minimum Gasteiger partial charge on any atom is -0.463 e. The molecule has 1 aromatic rings. The van der Waals surface area contributed by atoms with Crippen molar-refractivity contribution in [1.82, 2.24) is 10.6 Å². The molecule has 1 heterocycles. The molecular formula is C20H24N2O5S. The Hall–Kier alpha value is -2.48. The first-order chi connectivity index (χ1) is 13.5. The van der Waals surface area contributed by atoms with Crippen LogP contribution in [0.2, 0.25) is 0 Å². The van der Waals surface area contributed by atoms with E-state index in [1.54, 1.807) is 13.8 Å². The predicted molar refractivity (Wildman–Crippen MR) is 105 cm³/mol. The zero-order valence-corrected chi connectivity index (χ0v) is 16.8. The lowest BCUT2D eigenvalue weighted by Gasteiger charge is -2.26. The molecule has 0 unspecified atom stereocenters. The second kappa shape index (κ2) is 9.14. The number of hydrogen-bond donors (Lipinski definition) is 2. The maximum absolute atomic E-state index is 12.2. The van der Waals surface area contributed by atoms with Gasteiger partial charge in [-0.05, 0) is 56.4 Å². The van der Waals surface area contributed by atoms with Crippen LogP contribution in [0.15, 0.2) is 34.4 Å². The molecule has 0 saturated heterocycles. The van der Waals surface area contributed by atoms with Gasteiger partial charge >= 0.3 is 18.0 Å². The molecule has 0 aromatic heterocycles. The SMILES string of the molecule is CCOC(=O)C1=C(COC(=O)CSc2ccc3c(c2)CCC3)NC(=O)N[C@@H]1C. The molecule has 1 atom stereocenters. The summed E-state index contributed by atoms with van der Waals surface area (Å²) < 4.78 is 10.3. The number of aryl methyl sites for hydroxylation is 2. The Morgan fingerprint density at radius 3 is 2.79 bits per heavy atom. The van der Waals surface area contributed by atoms with Gasteiger partial charge in [0.25, 0.3) is 0 Å². The quantitative estimate of drug-likeness (QED) is 0.535. The van der Waals surface area contributed by atoms with Gasteiger partial charge in [-0.2, -0.15) is 0 Å². The van der Waals surface area contributed by atoms with Crippen LogP contribution in [0.3, 0.4) is 0 Å². The number of urea groups is 1. The Morgan fingerprint density at radius 2 is 2.00 bits per heavy atom. The second-order valence-corrected chi connectivity index (χ2v) is 7.72. The number of esters is 2. The third-order valence-electron chi connectivity index (χ3n) is 4.67. The Bertz CT molecular complexity index is 821. The van der Waals surface area contributed by atoms with Crippen LogP contribution < -0.4 is 10.6 Å². The van der Waals surface area contributed by atoms with Crippen molar-refractivity contribution < 1.29 is 23.9 Å². The molecule has 3 rings (SSSR count). The molecule has 0 fully saturated rings. The third-order valence-corrected chi connectivity index (χ3v) is 5.64. The van der Waals surface area contributed by atoms with E-state index in [0.29, 0.717) is 0 Å². The molecule has 1 aliphatic heterocycles. The minimum atomic E-state index is -0.541. The number of amides is 2. The lowest BCUT2D eigenvalue weighted by Crippen LogP contribution is -2.50. The number of fused-ring (bicyclic) bond motifs is 1. The van der Waals surface area contributed by atoms with E-state index in [4.69, 9.17) is 9.47 Å². The van der Waals surface area contributed by atoms with Crippen LogP contribution in [0.4, 0.5) is 4.79 Å². The van der Waals surface area contributed by atoms with Gasteiger partial charge in [-0.3, -0.25) is 4.79 Å². The minimum absolute atomic E-state index is 0.155. The van der Waals surface area contributed by atoms with Crippen LogP contribution in [0.1, 0.15) is 31.4 Å². The number of benzene rings is 1. The van der Waals surface area contributed by atoms with E-state index in [-0.39, 0.29) is 30.2 Å². The normalized spacial score (nSPS) is 18.2. The first-order valence-electron chi connectivity index (χ1n) is 9.35. The fourth-order valence-corrected chi connectivity index (χ4v) is 4.13. The van der Waals surface area contributed by atoms with Gasteiger partial charge in [0, 0.05) is 4.90 Å². The number of thioether (sulfide) groups is 1. The summed E-state index contributed by atoms with van der Waals surface area (Å²) in [7, 11) is 0. The van der Waals surface area contributed by atoms with E-state index in [1.165, 1.54) is 29.3 Å². The topological polar surface area (TPSA) is 93.7 Å². The molecule has 1 aromatic carbocycles. The molecule has 150 valence electrons. The molecule has 0 bridgehead atoms. The van der Waals surface area contributed by atoms with Gasteiger partial charge in [0.2, 0.25) is 0 Å². The molecule has 28 heavy (non-hydrogen) atoms. The van der Waals surface area contributed by atoms with Gasteiger partial charge in [-0.1, -0.05) is 6.07 Å². The van der Waals surface area contributed by atoms with Gasteiger partial charge in [0.05, 0.1) is 29.7 Å². The maximum Gasteiger partial charge on any atom is 0.338 e. The fraction of sp³-hybridized carbons (Fsp3) is 0.450. The Balaban J connectivity index is 1.58.